The summed E-state index contributed by atoms with van der Waals surface area (Å²) in [6.45, 7) is 3.78. The largest absolute Gasteiger partial charge is 0.491 e. The fraction of sp³-hybridized carbons (Fsp3) is 0.174. The topological polar surface area (TPSA) is 89.5 Å². The molecule has 7 nitrogen and oxygen atoms in total. The number of methoxy groups -OCH3 is 1. The second kappa shape index (κ2) is 10.8. The third-order valence-electron chi connectivity index (χ3n) is 4.20. The second-order valence-corrected chi connectivity index (χ2v) is 7.85. The Morgan fingerprint density at radius 2 is 1.94 bits per heavy atom. The van der Waals surface area contributed by atoms with Crippen molar-refractivity contribution in [3.05, 3.63) is 58.4 Å². The van der Waals surface area contributed by atoms with E-state index >= 15 is 0 Å². The molecule has 0 radical (unpaired) electrons. The number of thiazole rings is 1. The number of aromatic nitrogens is 1. The van der Waals surface area contributed by atoms with E-state index in [0.717, 1.165) is 11.3 Å². The highest BCUT2D eigenvalue weighted by Crippen LogP contribution is 2.36. The molecule has 3 aromatic rings. The minimum atomic E-state index is -0.322. The van der Waals surface area contributed by atoms with Crippen LogP contribution < -0.4 is 20.1 Å². The van der Waals surface area contributed by atoms with Gasteiger partial charge in [-0.1, -0.05) is 23.7 Å². The van der Waals surface area contributed by atoms with Crippen molar-refractivity contribution in [1.29, 1.82) is 0 Å². The molecule has 0 saturated heterocycles. The highest BCUT2D eigenvalue weighted by atomic mass is 35.5. The normalized spacial score (nSPS) is 10.8. The van der Waals surface area contributed by atoms with Gasteiger partial charge in [-0.25, -0.2) is 4.98 Å². The number of hydrogen-bond acceptors (Lipinski definition) is 6. The molecule has 0 aliphatic heterocycles. The lowest BCUT2D eigenvalue weighted by Crippen LogP contribution is -2.07. The van der Waals surface area contributed by atoms with Crippen molar-refractivity contribution in [2.75, 3.05) is 24.4 Å². The maximum absolute atomic E-state index is 12.3. The number of halogens is 1. The number of rotatable bonds is 8. The van der Waals surface area contributed by atoms with Gasteiger partial charge in [0.2, 0.25) is 11.8 Å². The van der Waals surface area contributed by atoms with E-state index in [-0.39, 0.29) is 11.8 Å². The van der Waals surface area contributed by atoms with Crippen molar-refractivity contribution < 1.29 is 19.1 Å². The third-order valence-corrected chi connectivity index (χ3v) is 5.24. The minimum absolute atomic E-state index is 0.129. The van der Waals surface area contributed by atoms with Gasteiger partial charge in [-0.05, 0) is 42.8 Å². The average Bonchev–Trinajstić information content (AvgIpc) is 3.21. The Morgan fingerprint density at radius 3 is 2.59 bits per heavy atom. The summed E-state index contributed by atoms with van der Waals surface area (Å²) in [7, 11) is 1.52. The Labute approximate surface area is 195 Å². The first-order chi connectivity index (χ1) is 15.4. The van der Waals surface area contributed by atoms with E-state index < -0.39 is 0 Å². The molecule has 0 atom stereocenters. The first-order valence-electron chi connectivity index (χ1n) is 9.72. The molecule has 0 fully saturated rings. The van der Waals surface area contributed by atoms with E-state index in [1.165, 1.54) is 31.4 Å². The van der Waals surface area contributed by atoms with Crippen LogP contribution in [0.5, 0.6) is 11.5 Å². The lowest BCUT2D eigenvalue weighted by molar-refractivity contribution is -0.114. The van der Waals surface area contributed by atoms with Crippen molar-refractivity contribution in [3.8, 4) is 22.8 Å². The molecule has 2 amide bonds. The summed E-state index contributed by atoms with van der Waals surface area (Å²) >= 11 is 7.56. The van der Waals surface area contributed by atoms with E-state index in [9.17, 15) is 9.59 Å². The fourth-order valence-electron chi connectivity index (χ4n) is 2.86. The van der Waals surface area contributed by atoms with Crippen LogP contribution in [0.2, 0.25) is 5.02 Å². The van der Waals surface area contributed by atoms with Crippen LogP contribution in [0.3, 0.4) is 0 Å². The highest BCUT2D eigenvalue weighted by Gasteiger charge is 2.11. The lowest BCUT2D eigenvalue weighted by Gasteiger charge is -2.11. The number of amides is 2. The van der Waals surface area contributed by atoms with E-state index in [2.05, 4.69) is 15.6 Å². The van der Waals surface area contributed by atoms with Gasteiger partial charge in [0.25, 0.3) is 0 Å². The molecule has 9 heteroatoms. The molecule has 32 heavy (non-hydrogen) atoms. The van der Waals surface area contributed by atoms with E-state index in [1.807, 2.05) is 24.4 Å². The Kier molecular flexibility index (Phi) is 7.86. The van der Waals surface area contributed by atoms with Crippen LogP contribution in [0.1, 0.15) is 19.4 Å². The summed E-state index contributed by atoms with van der Waals surface area (Å²) in [6.07, 6.45) is 3.04. The quantitative estimate of drug-likeness (QED) is 0.424. The number of ether oxygens (including phenoxy) is 2. The SMILES string of the molecule is CCOc1cc(/C=C/C(=O)Nc2nc(-c3ccc(NC(C)=O)cc3)cs2)cc(Cl)c1OC. The summed E-state index contributed by atoms with van der Waals surface area (Å²) < 4.78 is 10.8. The number of hydrogen-bond donors (Lipinski definition) is 2. The van der Waals surface area contributed by atoms with Gasteiger partial charge in [-0.2, -0.15) is 0 Å². The second-order valence-electron chi connectivity index (χ2n) is 6.59. The molecular formula is C23H22ClN3O4S. The summed E-state index contributed by atoms with van der Waals surface area (Å²) in [5.74, 6) is 0.513. The Balaban J connectivity index is 1.66. The van der Waals surface area contributed by atoms with Gasteiger partial charge in [-0.3, -0.25) is 14.9 Å². The maximum Gasteiger partial charge on any atom is 0.250 e. The molecule has 166 valence electrons. The number of carbonyl (C=O) groups is 2. The minimum Gasteiger partial charge on any atom is -0.491 e. The third kappa shape index (κ3) is 6.09. The number of nitrogens with one attached hydrogen (secondary N) is 2. The molecule has 2 aromatic carbocycles. The molecule has 3 rings (SSSR count). The molecule has 0 bridgehead atoms. The first-order valence-corrected chi connectivity index (χ1v) is 11.0. The van der Waals surface area contributed by atoms with Crippen LogP contribution in [0.4, 0.5) is 10.8 Å². The number of carbonyl (C=O) groups excluding carboxylic acids is 2. The predicted molar refractivity (Wildman–Crippen MR) is 129 cm³/mol. The Morgan fingerprint density at radius 1 is 1.19 bits per heavy atom. The van der Waals surface area contributed by atoms with Crippen LogP contribution in [0, 0.1) is 0 Å². The van der Waals surface area contributed by atoms with Gasteiger partial charge < -0.3 is 14.8 Å². The van der Waals surface area contributed by atoms with Gasteiger partial charge in [0.1, 0.15) is 0 Å². The van der Waals surface area contributed by atoms with Gasteiger partial charge in [0.05, 0.1) is 24.4 Å². The molecule has 0 unspecified atom stereocenters. The van der Waals surface area contributed by atoms with Crippen molar-refractivity contribution >= 4 is 51.6 Å². The Hall–Kier alpha value is -3.36. The molecule has 0 aliphatic rings. The van der Waals surface area contributed by atoms with Crippen molar-refractivity contribution in [1.82, 2.24) is 4.98 Å². The van der Waals surface area contributed by atoms with Gasteiger partial charge in [0.15, 0.2) is 16.6 Å². The zero-order valence-electron chi connectivity index (χ0n) is 17.8. The van der Waals surface area contributed by atoms with Gasteiger partial charge in [-0.15, -0.1) is 11.3 Å². The van der Waals surface area contributed by atoms with Gasteiger partial charge in [0, 0.05) is 29.6 Å². The van der Waals surface area contributed by atoms with Crippen molar-refractivity contribution in [2.45, 2.75) is 13.8 Å². The van der Waals surface area contributed by atoms with E-state index in [4.69, 9.17) is 21.1 Å². The summed E-state index contributed by atoms with van der Waals surface area (Å²) in [5.41, 5.74) is 3.02. The molecule has 1 aromatic heterocycles. The molecule has 0 aliphatic carbocycles. The number of anilines is 2. The molecule has 2 N–H and O–H groups in total. The van der Waals surface area contributed by atoms with E-state index in [0.29, 0.717) is 39.5 Å². The Bertz CT molecular complexity index is 1140. The summed E-state index contributed by atoms with van der Waals surface area (Å²) in [4.78, 5) is 27.9. The molecular weight excluding hydrogens is 450 g/mol. The van der Waals surface area contributed by atoms with E-state index in [1.54, 1.807) is 30.3 Å². The zero-order chi connectivity index (χ0) is 23.1. The molecule has 0 spiro atoms. The van der Waals surface area contributed by atoms with Crippen LogP contribution >= 0.6 is 22.9 Å². The molecule has 1 heterocycles. The van der Waals surface area contributed by atoms with Crippen molar-refractivity contribution in [2.24, 2.45) is 0 Å². The predicted octanol–water partition coefficient (Wildman–Crippen LogP) is 5.48. The number of benzene rings is 2. The smallest absolute Gasteiger partial charge is 0.250 e. The monoisotopic (exact) mass is 471 g/mol. The van der Waals surface area contributed by atoms with Crippen LogP contribution in [-0.2, 0) is 9.59 Å². The van der Waals surface area contributed by atoms with Crippen molar-refractivity contribution in [3.63, 3.8) is 0 Å². The van der Waals surface area contributed by atoms with Crippen LogP contribution in [0.15, 0.2) is 47.9 Å². The lowest BCUT2D eigenvalue weighted by atomic mass is 10.1. The first kappa shape index (κ1) is 23.3. The van der Waals surface area contributed by atoms with Crippen LogP contribution in [-0.4, -0.2) is 30.5 Å². The average molecular weight is 472 g/mol. The maximum atomic E-state index is 12.3. The summed E-state index contributed by atoms with van der Waals surface area (Å²) in [6, 6.07) is 10.8. The number of nitrogens with zero attached hydrogens (tertiary/aromatic N) is 1. The summed E-state index contributed by atoms with van der Waals surface area (Å²) in [5, 5.41) is 8.19. The van der Waals surface area contributed by atoms with Gasteiger partial charge >= 0.3 is 0 Å². The van der Waals surface area contributed by atoms with Crippen LogP contribution in [0.25, 0.3) is 17.3 Å². The standard InChI is InChI=1S/C23H22ClN3O4S/c1-4-31-20-12-15(11-18(24)22(20)30-3)5-10-21(29)27-23-26-19(13-32-23)16-6-8-17(9-7-16)25-14(2)28/h5-13H,4H2,1-3H3,(H,25,28)(H,26,27,29)/b10-5+. The molecule has 0 saturated carbocycles. The fourth-order valence-corrected chi connectivity index (χ4v) is 3.87. The zero-order valence-corrected chi connectivity index (χ0v) is 19.3. The highest BCUT2D eigenvalue weighted by molar-refractivity contribution is 7.14.